The van der Waals surface area contributed by atoms with Gasteiger partial charge in [-0.15, -0.1) is 0 Å². The first kappa shape index (κ1) is 20.0. The first-order valence-corrected chi connectivity index (χ1v) is 10.6. The van der Waals surface area contributed by atoms with Crippen molar-refractivity contribution in [2.75, 3.05) is 19.6 Å². The molecule has 0 radical (unpaired) electrons. The lowest BCUT2D eigenvalue weighted by Crippen LogP contribution is -2.49. The van der Waals surface area contributed by atoms with Crippen molar-refractivity contribution in [3.63, 3.8) is 0 Å². The molecular formula is C23H29N3O3. The summed E-state index contributed by atoms with van der Waals surface area (Å²) in [7, 11) is 0. The van der Waals surface area contributed by atoms with Gasteiger partial charge in [0.15, 0.2) is 0 Å². The van der Waals surface area contributed by atoms with E-state index in [1.54, 1.807) is 6.20 Å². The zero-order valence-corrected chi connectivity index (χ0v) is 17.1. The predicted molar refractivity (Wildman–Crippen MR) is 111 cm³/mol. The quantitative estimate of drug-likeness (QED) is 0.778. The number of imide groups is 1. The molecule has 1 aromatic carbocycles. The molecule has 1 aromatic heterocycles. The molecule has 6 nitrogen and oxygen atoms in total. The maximum atomic E-state index is 12.2. The van der Waals surface area contributed by atoms with E-state index in [-0.39, 0.29) is 23.7 Å². The van der Waals surface area contributed by atoms with Gasteiger partial charge in [0.25, 0.3) is 0 Å². The third-order valence-electron chi connectivity index (χ3n) is 6.75. The van der Waals surface area contributed by atoms with Crippen molar-refractivity contribution in [3.8, 4) is 0 Å². The van der Waals surface area contributed by atoms with E-state index in [2.05, 4.69) is 29.0 Å². The molecule has 2 aliphatic heterocycles. The van der Waals surface area contributed by atoms with Crippen molar-refractivity contribution >= 4 is 22.7 Å². The monoisotopic (exact) mass is 395 g/mol. The Kier molecular flexibility index (Phi) is 5.40. The SMILES string of the molecule is CCC1CN(CC)CCC1(O)c1ccc2ncc(C3CCC(=O)NC3=O)cc2c1. The predicted octanol–water partition coefficient (Wildman–Crippen LogP) is 2.69. The van der Waals surface area contributed by atoms with E-state index in [4.69, 9.17) is 0 Å². The van der Waals surface area contributed by atoms with Crippen LogP contribution in [-0.2, 0) is 15.2 Å². The molecule has 0 aliphatic carbocycles. The van der Waals surface area contributed by atoms with Crippen LogP contribution in [-0.4, -0.2) is 46.4 Å². The highest BCUT2D eigenvalue weighted by Gasteiger charge is 2.41. The Morgan fingerprint density at radius 2 is 2.10 bits per heavy atom. The minimum absolute atomic E-state index is 0.180. The van der Waals surface area contributed by atoms with Crippen molar-refractivity contribution in [2.24, 2.45) is 5.92 Å². The number of nitrogens with zero attached hydrogens (tertiary/aromatic N) is 2. The van der Waals surface area contributed by atoms with Crippen molar-refractivity contribution in [3.05, 3.63) is 41.6 Å². The van der Waals surface area contributed by atoms with Gasteiger partial charge < -0.3 is 10.0 Å². The number of carbonyl (C=O) groups is 2. The van der Waals surface area contributed by atoms with Gasteiger partial charge >= 0.3 is 0 Å². The van der Waals surface area contributed by atoms with Crippen molar-refractivity contribution in [2.45, 2.75) is 51.0 Å². The molecule has 6 heteroatoms. The van der Waals surface area contributed by atoms with E-state index in [0.29, 0.717) is 19.3 Å². The van der Waals surface area contributed by atoms with E-state index < -0.39 is 5.60 Å². The molecule has 3 unspecified atom stereocenters. The molecule has 154 valence electrons. The molecule has 2 aromatic rings. The minimum Gasteiger partial charge on any atom is -0.385 e. The highest BCUT2D eigenvalue weighted by molar-refractivity contribution is 6.01. The van der Waals surface area contributed by atoms with Crippen LogP contribution in [0.1, 0.15) is 56.6 Å². The smallest absolute Gasteiger partial charge is 0.234 e. The summed E-state index contributed by atoms with van der Waals surface area (Å²) >= 11 is 0. The maximum Gasteiger partial charge on any atom is 0.234 e. The second-order valence-corrected chi connectivity index (χ2v) is 8.35. The van der Waals surface area contributed by atoms with Gasteiger partial charge in [0.2, 0.25) is 11.8 Å². The zero-order valence-electron chi connectivity index (χ0n) is 17.1. The van der Waals surface area contributed by atoms with Gasteiger partial charge in [0.1, 0.15) is 0 Å². The summed E-state index contributed by atoms with van der Waals surface area (Å²) < 4.78 is 0. The summed E-state index contributed by atoms with van der Waals surface area (Å²) in [5.74, 6) is -0.642. The van der Waals surface area contributed by atoms with E-state index in [1.165, 1.54) is 0 Å². The van der Waals surface area contributed by atoms with Gasteiger partial charge in [0.05, 0.1) is 17.0 Å². The average Bonchev–Trinajstić information content (AvgIpc) is 2.73. The van der Waals surface area contributed by atoms with Gasteiger partial charge in [0, 0.05) is 37.0 Å². The number of nitrogens with one attached hydrogen (secondary N) is 1. The van der Waals surface area contributed by atoms with Crippen LogP contribution in [0.25, 0.3) is 10.9 Å². The van der Waals surface area contributed by atoms with Crippen LogP contribution in [0.3, 0.4) is 0 Å². The van der Waals surface area contributed by atoms with Crippen LogP contribution >= 0.6 is 0 Å². The number of likely N-dealkylation sites (tertiary alicyclic amines) is 1. The summed E-state index contributed by atoms with van der Waals surface area (Å²) in [4.78, 5) is 30.6. The number of aromatic nitrogens is 1. The number of hydrogen-bond donors (Lipinski definition) is 2. The number of aliphatic hydroxyl groups is 1. The summed E-state index contributed by atoms with van der Waals surface area (Å²) in [5.41, 5.74) is 1.74. The van der Waals surface area contributed by atoms with Crippen LogP contribution in [0.2, 0.25) is 0 Å². The minimum atomic E-state index is -0.848. The second kappa shape index (κ2) is 7.84. The number of rotatable bonds is 4. The Morgan fingerprint density at radius 1 is 1.28 bits per heavy atom. The molecule has 2 saturated heterocycles. The van der Waals surface area contributed by atoms with Gasteiger partial charge in [-0.3, -0.25) is 19.9 Å². The largest absolute Gasteiger partial charge is 0.385 e. The summed E-state index contributed by atoms with van der Waals surface area (Å²) in [6.45, 7) is 7.09. The molecule has 3 atom stereocenters. The van der Waals surface area contributed by atoms with Crippen LogP contribution < -0.4 is 5.32 Å². The fourth-order valence-corrected chi connectivity index (χ4v) is 4.84. The van der Waals surface area contributed by atoms with Crippen LogP contribution in [0.4, 0.5) is 0 Å². The Bertz CT molecular complexity index is 944. The number of carbonyl (C=O) groups excluding carboxylic acids is 2. The lowest BCUT2D eigenvalue weighted by molar-refractivity contribution is -0.134. The summed E-state index contributed by atoms with van der Waals surface area (Å²) in [6.07, 6.45) is 4.21. The fraction of sp³-hybridized carbons (Fsp3) is 0.522. The van der Waals surface area contributed by atoms with Crippen LogP contribution in [0, 0.1) is 5.92 Å². The molecule has 2 aliphatic rings. The highest BCUT2D eigenvalue weighted by Crippen LogP contribution is 2.40. The number of benzene rings is 1. The Morgan fingerprint density at radius 3 is 2.83 bits per heavy atom. The molecule has 4 rings (SSSR count). The van der Waals surface area contributed by atoms with Crippen molar-refractivity contribution < 1.29 is 14.7 Å². The molecule has 2 fully saturated rings. The first-order chi connectivity index (χ1) is 13.9. The molecule has 0 saturated carbocycles. The number of piperidine rings is 2. The normalized spacial score (nSPS) is 28.5. The Balaban J connectivity index is 1.68. The fourth-order valence-electron chi connectivity index (χ4n) is 4.84. The molecule has 2 amide bonds. The molecule has 3 heterocycles. The molecule has 2 N–H and O–H groups in total. The van der Waals surface area contributed by atoms with Crippen LogP contribution in [0.5, 0.6) is 0 Å². The standard InChI is InChI=1S/C23H29N3O3/c1-3-17-14-26(4-2)10-9-23(17,29)18-5-7-20-15(12-18)11-16(13-24-20)19-6-8-21(27)25-22(19)28/h5,7,11-13,17,19,29H,3-4,6,8-10,14H2,1-2H3,(H,25,27,28). The Hall–Kier alpha value is -2.31. The van der Waals surface area contributed by atoms with E-state index in [9.17, 15) is 14.7 Å². The number of pyridine rings is 1. The zero-order chi connectivity index (χ0) is 20.6. The van der Waals surface area contributed by atoms with Gasteiger partial charge in [-0.2, -0.15) is 0 Å². The Labute approximate surface area is 171 Å². The lowest BCUT2D eigenvalue weighted by atomic mass is 9.74. The molecule has 29 heavy (non-hydrogen) atoms. The second-order valence-electron chi connectivity index (χ2n) is 8.35. The van der Waals surface area contributed by atoms with Gasteiger partial charge in [-0.1, -0.05) is 19.9 Å². The number of fused-ring (bicyclic) bond motifs is 1. The van der Waals surface area contributed by atoms with Gasteiger partial charge in [-0.05, 0) is 55.1 Å². The number of amides is 2. The number of hydrogen-bond acceptors (Lipinski definition) is 5. The highest BCUT2D eigenvalue weighted by atomic mass is 16.3. The van der Waals surface area contributed by atoms with Crippen molar-refractivity contribution in [1.29, 1.82) is 0 Å². The molecule has 0 bridgehead atoms. The third-order valence-corrected chi connectivity index (χ3v) is 6.75. The van der Waals surface area contributed by atoms with E-state index in [0.717, 1.165) is 48.1 Å². The lowest BCUT2D eigenvalue weighted by Gasteiger charge is -2.44. The van der Waals surface area contributed by atoms with E-state index in [1.807, 2.05) is 24.3 Å². The van der Waals surface area contributed by atoms with E-state index >= 15 is 0 Å². The molecular weight excluding hydrogens is 366 g/mol. The van der Waals surface area contributed by atoms with Gasteiger partial charge in [-0.25, -0.2) is 0 Å². The third kappa shape index (κ3) is 3.67. The van der Waals surface area contributed by atoms with Crippen molar-refractivity contribution in [1.82, 2.24) is 15.2 Å². The van der Waals surface area contributed by atoms with Crippen LogP contribution in [0.15, 0.2) is 30.5 Å². The maximum absolute atomic E-state index is 12.2. The molecule has 0 spiro atoms. The topological polar surface area (TPSA) is 82.5 Å². The first-order valence-electron chi connectivity index (χ1n) is 10.6. The average molecular weight is 396 g/mol. The summed E-state index contributed by atoms with van der Waals surface area (Å²) in [5, 5.41) is 15.0. The summed E-state index contributed by atoms with van der Waals surface area (Å²) in [6, 6.07) is 7.96.